The molecule has 0 aromatic heterocycles. The van der Waals surface area contributed by atoms with Crippen molar-refractivity contribution in [2.24, 2.45) is 4.99 Å². The van der Waals surface area contributed by atoms with Crippen molar-refractivity contribution in [3.05, 3.63) is 126 Å². The van der Waals surface area contributed by atoms with E-state index in [1.165, 1.54) is 28.8 Å². The summed E-state index contributed by atoms with van der Waals surface area (Å²) in [5.41, 5.74) is 2.54. The number of ether oxygens (including phenoxy) is 2. The number of amidine groups is 1. The first-order valence-electron chi connectivity index (χ1n) is 15.3. The van der Waals surface area contributed by atoms with Crippen LogP contribution < -0.4 is 10.1 Å². The average Bonchev–Trinajstić information content (AvgIpc) is 3.70. The minimum Gasteiger partial charge on any atom is -0.492 e. The molecule has 0 saturated carbocycles. The van der Waals surface area contributed by atoms with Crippen LogP contribution in [0.1, 0.15) is 29.2 Å². The number of amides is 3. The molecule has 2 fully saturated rings. The van der Waals surface area contributed by atoms with E-state index < -0.39 is 23.2 Å². The summed E-state index contributed by atoms with van der Waals surface area (Å²) in [6.45, 7) is 1.08. The highest BCUT2D eigenvalue weighted by molar-refractivity contribution is 8.15. The maximum absolute atomic E-state index is 13.9. The molecule has 0 aliphatic carbocycles. The number of thioether (sulfide) groups is 1. The van der Waals surface area contributed by atoms with E-state index in [1.807, 2.05) is 60.7 Å². The number of hydrogen-bond acceptors (Lipinski definition) is 7. The molecule has 4 aromatic rings. The second-order valence-corrected chi connectivity index (χ2v) is 12.1. The number of rotatable bonds is 10. The van der Waals surface area contributed by atoms with Crippen molar-refractivity contribution in [2.45, 2.75) is 30.7 Å². The van der Waals surface area contributed by atoms with Crippen molar-refractivity contribution in [1.82, 2.24) is 9.80 Å². The van der Waals surface area contributed by atoms with Crippen LogP contribution in [0.25, 0.3) is 0 Å². The number of carbonyl (C=O) groups excluding carboxylic acids is 3. The van der Waals surface area contributed by atoms with Crippen molar-refractivity contribution < 1.29 is 28.2 Å². The summed E-state index contributed by atoms with van der Waals surface area (Å²) in [7, 11) is 0. The lowest BCUT2D eigenvalue weighted by Gasteiger charge is -2.23. The average molecular weight is 653 g/mol. The fraction of sp³-hybridized carbons (Fsp3) is 0.222. The molecule has 2 heterocycles. The summed E-state index contributed by atoms with van der Waals surface area (Å²) in [6, 6.07) is 31.0. The van der Waals surface area contributed by atoms with Crippen LogP contribution in [0.2, 0.25) is 0 Å². The Morgan fingerprint density at radius 2 is 1.68 bits per heavy atom. The van der Waals surface area contributed by atoms with E-state index in [1.54, 1.807) is 41.3 Å². The van der Waals surface area contributed by atoms with Gasteiger partial charge in [0.15, 0.2) is 5.17 Å². The highest BCUT2D eigenvalue weighted by atomic mass is 32.2. The van der Waals surface area contributed by atoms with E-state index in [-0.39, 0.29) is 31.6 Å². The number of nitrogens with one attached hydrogen (secondary N) is 1. The van der Waals surface area contributed by atoms with E-state index >= 15 is 0 Å². The third kappa shape index (κ3) is 7.98. The summed E-state index contributed by atoms with van der Waals surface area (Å²) < 4.78 is 25.2. The molecule has 2 saturated heterocycles. The van der Waals surface area contributed by atoms with Crippen LogP contribution in [0, 0.1) is 5.82 Å². The molecular formula is C36H33FN4O5S. The van der Waals surface area contributed by atoms with E-state index in [9.17, 15) is 18.8 Å². The molecule has 11 heteroatoms. The van der Waals surface area contributed by atoms with Gasteiger partial charge in [0.1, 0.15) is 36.1 Å². The van der Waals surface area contributed by atoms with Crippen LogP contribution in [-0.4, -0.2) is 58.6 Å². The summed E-state index contributed by atoms with van der Waals surface area (Å²) in [4.78, 5) is 47.3. The van der Waals surface area contributed by atoms with Crippen LogP contribution in [0.5, 0.6) is 5.75 Å². The molecule has 2 atom stereocenters. The fourth-order valence-corrected chi connectivity index (χ4v) is 6.61. The zero-order valence-electron chi connectivity index (χ0n) is 25.5. The normalized spacial score (nSPS) is 18.4. The maximum Gasteiger partial charge on any atom is 0.410 e. The van der Waals surface area contributed by atoms with E-state index in [2.05, 4.69) is 10.3 Å². The van der Waals surface area contributed by atoms with Crippen LogP contribution in [0.3, 0.4) is 0 Å². The molecule has 2 aliphatic heterocycles. The third-order valence-electron chi connectivity index (χ3n) is 7.78. The number of anilines is 1. The van der Waals surface area contributed by atoms with Gasteiger partial charge in [-0.05, 0) is 66.4 Å². The Labute approximate surface area is 276 Å². The van der Waals surface area contributed by atoms with E-state index in [0.717, 1.165) is 11.1 Å². The Morgan fingerprint density at radius 3 is 2.43 bits per heavy atom. The van der Waals surface area contributed by atoms with Crippen molar-refractivity contribution in [1.29, 1.82) is 0 Å². The van der Waals surface area contributed by atoms with Crippen LogP contribution >= 0.6 is 11.8 Å². The molecule has 1 unspecified atom stereocenters. The summed E-state index contributed by atoms with van der Waals surface area (Å²) in [6.07, 6.45) is 0.715. The largest absolute Gasteiger partial charge is 0.492 e. The van der Waals surface area contributed by atoms with Gasteiger partial charge in [-0.25, -0.2) is 14.2 Å². The van der Waals surface area contributed by atoms with Crippen LogP contribution in [0.15, 0.2) is 114 Å². The Kier molecular flexibility index (Phi) is 10.1. The first-order valence-corrected chi connectivity index (χ1v) is 16.2. The van der Waals surface area contributed by atoms with Gasteiger partial charge in [-0.2, -0.15) is 0 Å². The van der Waals surface area contributed by atoms with Gasteiger partial charge in [0.2, 0.25) is 11.8 Å². The number of hydrogen-bond donors (Lipinski definition) is 1. The third-order valence-corrected chi connectivity index (χ3v) is 9.01. The smallest absolute Gasteiger partial charge is 0.410 e. The van der Waals surface area contributed by atoms with Crippen LogP contribution in [0.4, 0.5) is 20.6 Å². The zero-order valence-corrected chi connectivity index (χ0v) is 26.3. The minimum atomic E-state index is -0.641. The molecular weight excluding hydrogens is 619 g/mol. The standard InChI is InChI=1S/C36H33FN4O5S/c37-27-11-7-12-29(23-27)39-35-41(21-22-45-30-13-5-2-6-14-30)34(43)32(47-35)26-16-18-28(19-17-26)38-33(42)31-15-8-20-40(31)36(44)46-24-25-9-3-1-4-10-25/h1-7,9-14,16-19,23,31-32H,8,15,20-22,24H2,(H,38,42)/t31-,32?/m0/s1. The lowest BCUT2D eigenvalue weighted by Crippen LogP contribution is -2.43. The van der Waals surface area contributed by atoms with Gasteiger partial charge in [-0.3, -0.25) is 19.4 Å². The highest BCUT2D eigenvalue weighted by Crippen LogP contribution is 2.40. The topological polar surface area (TPSA) is 101 Å². The molecule has 240 valence electrons. The van der Waals surface area contributed by atoms with Gasteiger partial charge in [0.05, 0.1) is 12.2 Å². The van der Waals surface area contributed by atoms with Crippen molar-refractivity contribution in [3.8, 4) is 5.75 Å². The number of likely N-dealkylation sites (tertiary alicyclic amines) is 1. The van der Waals surface area contributed by atoms with E-state index in [0.29, 0.717) is 41.7 Å². The molecule has 2 aliphatic rings. The Balaban J connectivity index is 1.10. The number of nitrogens with zero attached hydrogens (tertiary/aromatic N) is 3. The summed E-state index contributed by atoms with van der Waals surface area (Å²) >= 11 is 1.28. The molecule has 4 aromatic carbocycles. The Hall–Kier alpha value is -5.16. The zero-order chi connectivity index (χ0) is 32.6. The predicted octanol–water partition coefficient (Wildman–Crippen LogP) is 6.95. The minimum absolute atomic E-state index is 0.135. The molecule has 0 spiro atoms. The van der Waals surface area contributed by atoms with Gasteiger partial charge < -0.3 is 14.8 Å². The van der Waals surface area contributed by atoms with Gasteiger partial charge >= 0.3 is 6.09 Å². The molecule has 1 N–H and O–H groups in total. The van der Waals surface area contributed by atoms with Gasteiger partial charge in [-0.1, -0.05) is 78.5 Å². The quantitative estimate of drug-likeness (QED) is 0.199. The Morgan fingerprint density at radius 1 is 0.936 bits per heavy atom. The number of carbonyl (C=O) groups is 3. The first kappa shape index (κ1) is 31.8. The second kappa shape index (κ2) is 15.0. The first-order chi connectivity index (χ1) is 22.9. The predicted molar refractivity (Wildman–Crippen MR) is 179 cm³/mol. The molecule has 47 heavy (non-hydrogen) atoms. The number of aliphatic imine (C=N–C) groups is 1. The van der Waals surface area contributed by atoms with Crippen LogP contribution in [-0.2, 0) is 20.9 Å². The number of halogens is 1. The lowest BCUT2D eigenvalue weighted by atomic mass is 10.1. The van der Waals surface area contributed by atoms with Gasteiger partial charge in [-0.15, -0.1) is 0 Å². The van der Waals surface area contributed by atoms with Crippen molar-refractivity contribution in [2.75, 3.05) is 25.0 Å². The second-order valence-electron chi connectivity index (χ2n) is 11.0. The monoisotopic (exact) mass is 652 g/mol. The Bertz CT molecular complexity index is 1740. The van der Waals surface area contributed by atoms with E-state index in [4.69, 9.17) is 9.47 Å². The van der Waals surface area contributed by atoms with Crippen molar-refractivity contribution >= 4 is 46.2 Å². The number of para-hydroxylation sites is 1. The summed E-state index contributed by atoms with van der Waals surface area (Å²) in [5, 5.41) is 2.76. The molecule has 3 amide bonds. The molecule has 0 bridgehead atoms. The fourth-order valence-electron chi connectivity index (χ4n) is 5.41. The SMILES string of the molecule is O=C(Nc1ccc(C2SC(=Nc3cccc(F)c3)N(CCOc3ccccc3)C2=O)cc1)[C@@H]1CCCN1C(=O)OCc1ccccc1. The highest BCUT2D eigenvalue weighted by Gasteiger charge is 2.39. The van der Waals surface area contributed by atoms with Gasteiger partial charge in [0.25, 0.3) is 0 Å². The number of benzene rings is 4. The lowest BCUT2D eigenvalue weighted by molar-refractivity contribution is -0.126. The summed E-state index contributed by atoms with van der Waals surface area (Å²) in [5.74, 6) is -0.199. The maximum atomic E-state index is 13.9. The molecule has 6 rings (SSSR count). The van der Waals surface area contributed by atoms with Gasteiger partial charge in [0, 0.05) is 12.2 Å². The molecule has 0 radical (unpaired) electrons. The molecule has 9 nitrogen and oxygen atoms in total. The van der Waals surface area contributed by atoms with Crippen molar-refractivity contribution in [3.63, 3.8) is 0 Å².